The smallest absolute Gasteiger partial charge is 0.294 e. The average Bonchev–Trinajstić information content (AvgIpc) is 2.19. The van der Waals surface area contributed by atoms with Gasteiger partial charge in [0.15, 0.2) is 11.6 Å². The van der Waals surface area contributed by atoms with Crippen molar-refractivity contribution in [3.8, 4) is 0 Å². The maximum atomic E-state index is 12.8. The number of amides is 1. The van der Waals surface area contributed by atoms with Gasteiger partial charge < -0.3 is 4.90 Å². The maximum absolute atomic E-state index is 12.8. The largest absolute Gasteiger partial charge is 0.342 e. The van der Waals surface area contributed by atoms with Gasteiger partial charge in [0, 0.05) is 19.7 Å². The molecule has 1 rings (SSSR count). The quantitative estimate of drug-likeness (QED) is 0.547. The van der Waals surface area contributed by atoms with Crippen molar-refractivity contribution in [2.24, 2.45) is 0 Å². The van der Waals surface area contributed by atoms with Crippen molar-refractivity contribution in [1.82, 2.24) is 4.90 Å². The molecular formula is C10H9F2NO2. The van der Waals surface area contributed by atoms with Crippen LogP contribution >= 0.6 is 0 Å². The number of benzene rings is 1. The first-order valence-electron chi connectivity index (χ1n) is 4.14. The summed E-state index contributed by atoms with van der Waals surface area (Å²) in [5, 5.41) is 0. The second-order valence-electron chi connectivity index (χ2n) is 3.16. The Bertz CT molecular complexity index is 416. The first kappa shape index (κ1) is 11.3. The second kappa shape index (κ2) is 4.16. The molecule has 0 radical (unpaired) electrons. The first-order valence-corrected chi connectivity index (χ1v) is 4.14. The van der Waals surface area contributed by atoms with Crippen LogP contribution in [0.2, 0.25) is 0 Å². The van der Waals surface area contributed by atoms with E-state index in [2.05, 4.69) is 0 Å². The predicted molar refractivity (Wildman–Crippen MR) is 49.4 cm³/mol. The highest BCUT2D eigenvalue weighted by molar-refractivity contribution is 6.42. The van der Waals surface area contributed by atoms with Crippen LogP contribution in [0.15, 0.2) is 18.2 Å². The van der Waals surface area contributed by atoms with Crippen LogP contribution < -0.4 is 0 Å². The molecular weight excluding hydrogens is 204 g/mol. The monoisotopic (exact) mass is 213 g/mol. The molecule has 0 N–H and O–H groups in total. The summed E-state index contributed by atoms with van der Waals surface area (Å²) in [5.74, 6) is -3.84. The molecule has 80 valence electrons. The van der Waals surface area contributed by atoms with Gasteiger partial charge in [0.05, 0.1) is 0 Å². The molecule has 0 unspecified atom stereocenters. The molecule has 0 aromatic heterocycles. The lowest BCUT2D eigenvalue weighted by Crippen LogP contribution is -2.29. The topological polar surface area (TPSA) is 37.4 Å². The van der Waals surface area contributed by atoms with E-state index < -0.39 is 23.3 Å². The molecule has 0 fully saturated rings. The normalized spacial score (nSPS) is 9.87. The third-order valence-corrected chi connectivity index (χ3v) is 1.78. The summed E-state index contributed by atoms with van der Waals surface area (Å²) in [6, 6.07) is 2.59. The molecule has 1 amide bonds. The third-order valence-electron chi connectivity index (χ3n) is 1.78. The highest BCUT2D eigenvalue weighted by atomic mass is 19.2. The minimum absolute atomic E-state index is 0.160. The lowest BCUT2D eigenvalue weighted by Gasteiger charge is -2.08. The molecule has 3 nitrogen and oxygen atoms in total. The van der Waals surface area contributed by atoms with E-state index in [1.54, 1.807) is 0 Å². The molecule has 0 atom stereocenters. The van der Waals surface area contributed by atoms with Crippen molar-refractivity contribution < 1.29 is 18.4 Å². The number of carbonyl (C=O) groups excluding carboxylic acids is 2. The van der Waals surface area contributed by atoms with Crippen LogP contribution in [0.1, 0.15) is 10.4 Å². The van der Waals surface area contributed by atoms with Crippen LogP contribution in [-0.4, -0.2) is 30.7 Å². The van der Waals surface area contributed by atoms with Crippen LogP contribution in [0, 0.1) is 11.6 Å². The van der Waals surface area contributed by atoms with Crippen LogP contribution in [0.25, 0.3) is 0 Å². The van der Waals surface area contributed by atoms with Gasteiger partial charge in [-0.15, -0.1) is 0 Å². The van der Waals surface area contributed by atoms with Crippen molar-refractivity contribution in [3.63, 3.8) is 0 Å². The standard InChI is InChI=1S/C10H9F2NO2/c1-13(2)10(15)9(14)6-3-4-7(11)8(12)5-6/h3-5H,1-2H3. The Morgan fingerprint density at radius 2 is 1.73 bits per heavy atom. The van der Waals surface area contributed by atoms with Gasteiger partial charge in [0.2, 0.25) is 5.78 Å². The van der Waals surface area contributed by atoms with Crippen LogP contribution in [0.4, 0.5) is 8.78 Å². The summed E-state index contributed by atoms with van der Waals surface area (Å²) in [5.41, 5.74) is -0.160. The van der Waals surface area contributed by atoms with Crippen molar-refractivity contribution in [2.45, 2.75) is 0 Å². The highest BCUT2D eigenvalue weighted by Crippen LogP contribution is 2.09. The Morgan fingerprint density at radius 3 is 2.20 bits per heavy atom. The molecule has 5 heteroatoms. The van der Waals surface area contributed by atoms with E-state index in [0.717, 1.165) is 17.0 Å². The van der Waals surface area contributed by atoms with Gasteiger partial charge in [-0.05, 0) is 18.2 Å². The van der Waals surface area contributed by atoms with E-state index in [9.17, 15) is 18.4 Å². The number of ketones is 1. The maximum Gasteiger partial charge on any atom is 0.294 e. The zero-order chi connectivity index (χ0) is 11.6. The Kier molecular flexibility index (Phi) is 3.14. The van der Waals surface area contributed by atoms with Crippen molar-refractivity contribution in [2.75, 3.05) is 14.1 Å². The predicted octanol–water partition coefficient (Wildman–Crippen LogP) is 1.24. The van der Waals surface area contributed by atoms with Gasteiger partial charge >= 0.3 is 0 Å². The van der Waals surface area contributed by atoms with Gasteiger partial charge in [-0.1, -0.05) is 0 Å². The van der Waals surface area contributed by atoms with E-state index in [4.69, 9.17) is 0 Å². The fourth-order valence-corrected chi connectivity index (χ4v) is 0.964. The fourth-order valence-electron chi connectivity index (χ4n) is 0.964. The summed E-state index contributed by atoms with van der Waals surface area (Å²) in [6.45, 7) is 0. The van der Waals surface area contributed by atoms with Crippen molar-refractivity contribution in [1.29, 1.82) is 0 Å². The Balaban J connectivity index is 3.02. The number of halogens is 2. The minimum Gasteiger partial charge on any atom is -0.342 e. The van der Waals surface area contributed by atoms with E-state index in [0.29, 0.717) is 6.07 Å². The van der Waals surface area contributed by atoms with E-state index in [1.807, 2.05) is 0 Å². The highest BCUT2D eigenvalue weighted by Gasteiger charge is 2.19. The van der Waals surface area contributed by atoms with Gasteiger partial charge in [-0.3, -0.25) is 9.59 Å². The van der Waals surface area contributed by atoms with Gasteiger partial charge in [0.1, 0.15) is 0 Å². The van der Waals surface area contributed by atoms with E-state index in [1.165, 1.54) is 14.1 Å². The van der Waals surface area contributed by atoms with E-state index in [-0.39, 0.29) is 5.56 Å². The summed E-state index contributed by atoms with van der Waals surface area (Å²) < 4.78 is 25.3. The number of hydrogen-bond donors (Lipinski definition) is 0. The molecule has 0 saturated carbocycles. The summed E-state index contributed by atoms with van der Waals surface area (Å²) in [7, 11) is 2.81. The summed E-state index contributed by atoms with van der Waals surface area (Å²) in [6.07, 6.45) is 0. The van der Waals surface area contributed by atoms with Gasteiger partial charge in [-0.2, -0.15) is 0 Å². The first-order chi connectivity index (χ1) is 6.93. The van der Waals surface area contributed by atoms with E-state index >= 15 is 0 Å². The molecule has 0 saturated heterocycles. The Morgan fingerprint density at radius 1 is 1.13 bits per heavy atom. The van der Waals surface area contributed by atoms with Gasteiger partial charge in [-0.25, -0.2) is 8.78 Å². The molecule has 1 aromatic rings. The number of nitrogens with zero attached hydrogens (tertiary/aromatic N) is 1. The van der Waals surface area contributed by atoms with Crippen LogP contribution in [-0.2, 0) is 4.79 Å². The number of hydrogen-bond acceptors (Lipinski definition) is 2. The molecule has 15 heavy (non-hydrogen) atoms. The molecule has 0 aliphatic carbocycles. The fraction of sp³-hybridized carbons (Fsp3) is 0.200. The zero-order valence-electron chi connectivity index (χ0n) is 8.25. The van der Waals surface area contributed by atoms with Crippen LogP contribution in [0.5, 0.6) is 0 Å². The number of rotatable bonds is 2. The Hall–Kier alpha value is -1.78. The van der Waals surface area contributed by atoms with Crippen molar-refractivity contribution >= 4 is 11.7 Å². The zero-order valence-corrected chi connectivity index (χ0v) is 8.25. The third kappa shape index (κ3) is 2.37. The molecule has 0 heterocycles. The molecule has 0 spiro atoms. The molecule has 0 aliphatic heterocycles. The van der Waals surface area contributed by atoms with Crippen molar-refractivity contribution in [3.05, 3.63) is 35.4 Å². The van der Waals surface area contributed by atoms with Crippen LogP contribution in [0.3, 0.4) is 0 Å². The lowest BCUT2D eigenvalue weighted by atomic mass is 10.1. The minimum atomic E-state index is -1.15. The number of likely N-dealkylation sites (N-methyl/N-ethyl adjacent to an activating group) is 1. The molecule has 0 aliphatic rings. The molecule has 0 bridgehead atoms. The summed E-state index contributed by atoms with van der Waals surface area (Å²) >= 11 is 0. The average molecular weight is 213 g/mol. The SMILES string of the molecule is CN(C)C(=O)C(=O)c1ccc(F)c(F)c1. The number of carbonyl (C=O) groups is 2. The van der Waals surface area contributed by atoms with Gasteiger partial charge in [0.25, 0.3) is 5.91 Å². The Labute approximate surface area is 85.3 Å². The number of Topliss-reactive ketones (excluding diaryl/α,β-unsaturated/α-hetero) is 1. The lowest BCUT2D eigenvalue weighted by molar-refractivity contribution is -0.124. The molecule has 1 aromatic carbocycles. The summed E-state index contributed by atoms with van der Waals surface area (Å²) in [4.78, 5) is 23.6. The second-order valence-corrected chi connectivity index (χ2v) is 3.16.